The van der Waals surface area contributed by atoms with E-state index in [1.807, 2.05) is 0 Å². The van der Waals surface area contributed by atoms with Gasteiger partial charge in [-0.05, 0) is 0 Å². The van der Waals surface area contributed by atoms with Crippen molar-refractivity contribution in [3.05, 3.63) is 12.9 Å². The molecule has 64 valence electrons. The summed E-state index contributed by atoms with van der Waals surface area (Å²) in [4.78, 5) is 0. The Morgan fingerprint density at radius 1 is 0.800 bits per heavy atom. The van der Waals surface area contributed by atoms with Crippen LogP contribution in [0.25, 0.3) is 0 Å². The third-order valence-corrected chi connectivity index (χ3v) is 0.475. The van der Waals surface area contributed by atoms with Crippen molar-refractivity contribution in [3.63, 3.8) is 0 Å². The van der Waals surface area contributed by atoms with Crippen LogP contribution in [0.2, 0.25) is 0 Å². The zero-order chi connectivity index (χ0) is 7.65. The first kappa shape index (κ1) is 12.7. The van der Waals surface area contributed by atoms with Crippen LogP contribution in [-0.2, 0) is 16.5 Å². The molecule has 0 bridgehead atoms. The third kappa shape index (κ3) is 2.77. The van der Waals surface area contributed by atoms with E-state index < -0.39 is 18.8 Å². The molecule has 0 aromatic heterocycles. The van der Waals surface area contributed by atoms with Gasteiger partial charge in [0.1, 0.15) is 5.92 Å². The van der Waals surface area contributed by atoms with Gasteiger partial charge in [-0.2, -0.15) is 0 Å². The fourth-order valence-corrected chi connectivity index (χ4v) is 0.0714. The van der Waals surface area contributed by atoms with Gasteiger partial charge in [0, 0.05) is 12.9 Å². The maximum Gasteiger partial charge on any atom is 2.00 e. The molecule has 0 radical (unpaired) electrons. The van der Waals surface area contributed by atoms with E-state index >= 15 is 0 Å². The van der Waals surface area contributed by atoms with Crippen molar-refractivity contribution in [2.24, 2.45) is 0 Å². The number of hydrogen-bond acceptors (Lipinski definition) is 0. The SMILES string of the molecule is F[C-](F)C(F)(F)[C-](F)F.[Ni+2]. The molecule has 0 nitrogen and oxygen atoms in total. The largest absolute Gasteiger partial charge is 2.00 e. The molecule has 0 unspecified atom stereocenters. The van der Waals surface area contributed by atoms with Gasteiger partial charge in [0.25, 0.3) is 0 Å². The maximum atomic E-state index is 11.1. The quantitative estimate of drug-likeness (QED) is 0.372. The van der Waals surface area contributed by atoms with Crippen LogP contribution < -0.4 is 0 Å². The molecule has 0 saturated heterocycles. The summed E-state index contributed by atoms with van der Waals surface area (Å²) in [6.45, 7) is 0. The second kappa shape index (κ2) is 4.06. The molecule has 0 aromatic rings. The van der Waals surface area contributed by atoms with Crippen molar-refractivity contribution in [2.45, 2.75) is 5.92 Å². The van der Waals surface area contributed by atoms with E-state index in [1.165, 1.54) is 0 Å². The smallest absolute Gasteiger partial charge is 0.418 e. The summed E-state index contributed by atoms with van der Waals surface area (Å²) in [6, 6.07) is 0. The summed E-state index contributed by atoms with van der Waals surface area (Å²) in [7, 11) is 0. The topological polar surface area (TPSA) is 0 Å². The molecule has 7 heteroatoms. The molecule has 0 aliphatic heterocycles. The third-order valence-electron chi connectivity index (χ3n) is 0.475. The van der Waals surface area contributed by atoms with Crippen molar-refractivity contribution in [1.82, 2.24) is 0 Å². The van der Waals surface area contributed by atoms with E-state index in [4.69, 9.17) is 0 Å². The van der Waals surface area contributed by atoms with Crippen LogP contribution in [-0.4, -0.2) is 5.92 Å². The molecular formula is C3F6Ni. The van der Waals surface area contributed by atoms with Crippen LogP contribution in [0.4, 0.5) is 26.3 Å². The van der Waals surface area contributed by atoms with Gasteiger partial charge < -0.3 is 17.6 Å². The fraction of sp³-hybridized carbons (Fsp3) is 0.333. The van der Waals surface area contributed by atoms with Crippen molar-refractivity contribution < 1.29 is 42.8 Å². The van der Waals surface area contributed by atoms with Crippen molar-refractivity contribution in [2.75, 3.05) is 0 Å². The fourth-order valence-electron chi connectivity index (χ4n) is 0.0714. The first-order chi connectivity index (χ1) is 3.89. The molecule has 0 N–H and O–H groups in total. The molecule has 0 spiro atoms. The minimum absolute atomic E-state index is 0. The number of hydrogen-bond donors (Lipinski definition) is 0. The Bertz CT molecular complexity index is 81.0. The summed E-state index contributed by atoms with van der Waals surface area (Å²) in [5.74, 6) is -5.33. The minimum atomic E-state index is -5.33. The van der Waals surface area contributed by atoms with Crippen LogP contribution in [0.1, 0.15) is 0 Å². The molecule has 0 amide bonds. The van der Waals surface area contributed by atoms with Crippen LogP contribution >= 0.6 is 0 Å². The monoisotopic (exact) mass is 208 g/mol. The normalized spacial score (nSPS) is 12.0. The summed E-state index contributed by atoms with van der Waals surface area (Å²) in [6.07, 6.45) is -7.19. The Hall–Kier alpha value is 0.0735. The average molecular weight is 209 g/mol. The average Bonchev–Trinajstić information content (AvgIpc) is 1.65. The Balaban J connectivity index is 0. The van der Waals surface area contributed by atoms with Crippen LogP contribution in [0, 0.1) is 12.9 Å². The Labute approximate surface area is 62.5 Å². The standard InChI is InChI=1S/C3F6.Ni/c4-1(5)3(8,9)2(6)7;/q-2;+2. The van der Waals surface area contributed by atoms with E-state index in [9.17, 15) is 26.3 Å². The zero-order valence-corrected chi connectivity index (χ0v) is 5.07. The molecule has 0 heterocycles. The molecule has 0 fully saturated rings. The van der Waals surface area contributed by atoms with E-state index in [2.05, 4.69) is 0 Å². The van der Waals surface area contributed by atoms with Crippen molar-refractivity contribution in [1.29, 1.82) is 0 Å². The van der Waals surface area contributed by atoms with Gasteiger partial charge in [0.2, 0.25) is 0 Å². The summed E-state index contributed by atoms with van der Waals surface area (Å²) in [5, 5.41) is 0. The maximum absolute atomic E-state index is 11.1. The first-order valence-corrected chi connectivity index (χ1v) is 1.63. The van der Waals surface area contributed by atoms with Crippen molar-refractivity contribution >= 4 is 0 Å². The van der Waals surface area contributed by atoms with Gasteiger partial charge in [0.05, 0.1) is 0 Å². The summed E-state index contributed by atoms with van der Waals surface area (Å²) in [5.41, 5.74) is 0. The van der Waals surface area contributed by atoms with Gasteiger partial charge in [-0.15, -0.1) is 0 Å². The summed E-state index contributed by atoms with van der Waals surface area (Å²) < 4.78 is 65.1. The van der Waals surface area contributed by atoms with Gasteiger partial charge in [0.15, 0.2) is 0 Å². The molecule has 0 atom stereocenters. The van der Waals surface area contributed by atoms with Gasteiger partial charge in [-0.1, -0.05) is 0 Å². The molecule has 0 aliphatic carbocycles. The van der Waals surface area contributed by atoms with Gasteiger partial charge >= 0.3 is 16.5 Å². The predicted octanol–water partition coefficient (Wildman–Crippen LogP) is 2.48. The van der Waals surface area contributed by atoms with E-state index in [1.54, 1.807) is 0 Å². The number of halogens is 6. The number of rotatable bonds is 2. The predicted molar refractivity (Wildman–Crippen MR) is 15.9 cm³/mol. The molecule has 0 rings (SSSR count). The van der Waals surface area contributed by atoms with Gasteiger partial charge in [-0.3, -0.25) is 8.78 Å². The zero-order valence-electron chi connectivity index (χ0n) is 4.08. The molecule has 0 aromatic carbocycles. The Morgan fingerprint density at radius 2 is 1.00 bits per heavy atom. The second-order valence-corrected chi connectivity index (χ2v) is 1.10. The summed E-state index contributed by atoms with van der Waals surface area (Å²) >= 11 is 0. The van der Waals surface area contributed by atoms with Crippen LogP contribution in [0.3, 0.4) is 0 Å². The number of alkyl halides is 2. The second-order valence-electron chi connectivity index (χ2n) is 1.10. The van der Waals surface area contributed by atoms with E-state index in [0.29, 0.717) is 0 Å². The Morgan fingerprint density at radius 3 is 1.00 bits per heavy atom. The van der Waals surface area contributed by atoms with E-state index in [0.717, 1.165) is 0 Å². The molecular weight excluding hydrogens is 209 g/mol. The molecule has 0 saturated carbocycles. The van der Waals surface area contributed by atoms with Crippen LogP contribution in [0.15, 0.2) is 0 Å². The van der Waals surface area contributed by atoms with Crippen molar-refractivity contribution in [3.8, 4) is 0 Å². The van der Waals surface area contributed by atoms with Crippen LogP contribution in [0.5, 0.6) is 0 Å². The molecule has 10 heavy (non-hydrogen) atoms. The van der Waals surface area contributed by atoms with E-state index in [-0.39, 0.29) is 16.5 Å². The van der Waals surface area contributed by atoms with Gasteiger partial charge in [-0.25, -0.2) is 0 Å². The minimum Gasteiger partial charge on any atom is -0.418 e. The Kier molecular flexibility index (Phi) is 5.16. The molecule has 0 aliphatic rings. The first-order valence-electron chi connectivity index (χ1n) is 1.63.